The van der Waals surface area contributed by atoms with Crippen LogP contribution < -0.4 is 0 Å². The van der Waals surface area contributed by atoms with Gasteiger partial charge in [-0.25, -0.2) is 9.59 Å². The second-order valence-corrected chi connectivity index (χ2v) is 5.87. The zero-order valence-electron chi connectivity index (χ0n) is 14.9. The van der Waals surface area contributed by atoms with Crippen LogP contribution in [0.3, 0.4) is 0 Å². The van der Waals surface area contributed by atoms with E-state index >= 15 is 0 Å². The third-order valence-corrected chi connectivity index (χ3v) is 3.91. The number of ether oxygens (including phenoxy) is 2. The molecule has 26 heavy (non-hydrogen) atoms. The molecular weight excluding hydrogens is 328 g/mol. The maximum atomic E-state index is 12.0. The molecule has 0 atom stereocenters. The fraction of sp³-hybridized carbons (Fsp3) is 0.273. The highest BCUT2D eigenvalue weighted by Gasteiger charge is 2.07. The molecule has 4 heteroatoms. The average molecular weight is 352 g/mol. The summed E-state index contributed by atoms with van der Waals surface area (Å²) in [7, 11) is 0. The average Bonchev–Trinajstić information content (AvgIpc) is 2.70. The van der Waals surface area contributed by atoms with E-state index in [0.717, 1.165) is 42.9 Å². The van der Waals surface area contributed by atoms with Crippen LogP contribution in [0.5, 0.6) is 0 Å². The summed E-state index contributed by atoms with van der Waals surface area (Å²) in [6.45, 7) is 4.13. The summed E-state index contributed by atoms with van der Waals surface area (Å²) < 4.78 is 10.2. The zero-order valence-corrected chi connectivity index (χ0v) is 14.9. The minimum Gasteiger partial charge on any atom is -0.463 e. The summed E-state index contributed by atoms with van der Waals surface area (Å²) >= 11 is 0. The lowest BCUT2D eigenvalue weighted by molar-refractivity contribution is -0.137. The summed E-state index contributed by atoms with van der Waals surface area (Å²) in [6, 6.07) is 17.5. The van der Waals surface area contributed by atoms with Crippen molar-refractivity contribution in [3.63, 3.8) is 0 Å². The molecule has 2 rings (SSSR count). The van der Waals surface area contributed by atoms with E-state index in [1.165, 1.54) is 0 Å². The van der Waals surface area contributed by atoms with Gasteiger partial charge in [-0.15, -0.1) is 0 Å². The van der Waals surface area contributed by atoms with Crippen molar-refractivity contribution in [2.75, 3.05) is 13.2 Å². The number of unbranched alkanes of at least 4 members (excludes halogenated alkanes) is 3. The predicted molar refractivity (Wildman–Crippen MR) is 102 cm³/mol. The second-order valence-electron chi connectivity index (χ2n) is 5.87. The molecule has 0 radical (unpaired) electrons. The van der Waals surface area contributed by atoms with Crippen molar-refractivity contribution in [3.8, 4) is 11.1 Å². The molecule has 0 saturated heterocycles. The first-order valence-corrected chi connectivity index (χ1v) is 8.82. The van der Waals surface area contributed by atoms with Crippen LogP contribution >= 0.6 is 0 Å². The van der Waals surface area contributed by atoms with Crippen LogP contribution in [0.2, 0.25) is 0 Å². The molecular formula is C22H24O4. The quantitative estimate of drug-likeness (QED) is 0.350. The van der Waals surface area contributed by atoms with Crippen LogP contribution in [-0.4, -0.2) is 25.2 Å². The summed E-state index contributed by atoms with van der Waals surface area (Å²) in [5.74, 6) is -0.693. The van der Waals surface area contributed by atoms with E-state index in [0.29, 0.717) is 18.8 Å². The van der Waals surface area contributed by atoms with Crippen molar-refractivity contribution in [2.45, 2.75) is 25.7 Å². The Balaban J connectivity index is 1.64. The van der Waals surface area contributed by atoms with Crippen molar-refractivity contribution in [3.05, 3.63) is 72.8 Å². The number of hydrogen-bond donors (Lipinski definition) is 0. The molecule has 0 N–H and O–H groups in total. The van der Waals surface area contributed by atoms with Gasteiger partial charge in [0.25, 0.3) is 0 Å². The first-order valence-electron chi connectivity index (χ1n) is 8.82. The Hall–Kier alpha value is -2.88. The van der Waals surface area contributed by atoms with Gasteiger partial charge in [-0.1, -0.05) is 49.0 Å². The molecule has 136 valence electrons. The van der Waals surface area contributed by atoms with Crippen LogP contribution in [0.25, 0.3) is 11.1 Å². The van der Waals surface area contributed by atoms with Crippen LogP contribution in [0.4, 0.5) is 0 Å². The maximum absolute atomic E-state index is 12.0. The molecule has 0 spiro atoms. The molecule has 0 bridgehead atoms. The number of carbonyl (C=O) groups excluding carboxylic acids is 2. The minimum atomic E-state index is -0.391. The lowest BCUT2D eigenvalue weighted by atomic mass is 10.0. The van der Waals surface area contributed by atoms with Crippen LogP contribution in [0.15, 0.2) is 67.3 Å². The molecule has 0 heterocycles. The van der Waals surface area contributed by atoms with Crippen LogP contribution in [0.1, 0.15) is 36.0 Å². The highest BCUT2D eigenvalue weighted by Crippen LogP contribution is 2.19. The monoisotopic (exact) mass is 352 g/mol. The predicted octanol–water partition coefficient (Wildman–Crippen LogP) is 4.80. The first kappa shape index (κ1) is 19.4. The third-order valence-electron chi connectivity index (χ3n) is 3.91. The van der Waals surface area contributed by atoms with E-state index < -0.39 is 5.97 Å². The van der Waals surface area contributed by atoms with E-state index in [2.05, 4.69) is 6.58 Å². The molecule has 0 aliphatic rings. The summed E-state index contributed by atoms with van der Waals surface area (Å²) in [5.41, 5.74) is 2.74. The fourth-order valence-corrected chi connectivity index (χ4v) is 2.47. The molecule has 0 aromatic heterocycles. The summed E-state index contributed by atoms with van der Waals surface area (Å²) in [4.78, 5) is 22.9. The van der Waals surface area contributed by atoms with Gasteiger partial charge in [0.15, 0.2) is 0 Å². The number of hydrogen-bond acceptors (Lipinski definition) is 4. The highest BCUT2D eigenvalue weighted by molar-refractivity contribution is 5.90. The van der Waals surface area contributed by atoms with Crippen molar-refractivity contribution in [1.29, 1.82) is 0 Å². The van der Waals surface area contributed by atoms with Gasteiger partial charge in [-0.3, -0.25) is 0 Å². The molecule has 0 saturated carbocycles. The topological polar surface area (TPSA) is 52.6 Å². The summed E-state index contributed by atoms with van der Waals surface area (Å²) in [6.07, 6.45) is 4.60. The van der Waals surface area contributed by atoms with Gasteiger partial charge in [0.1, 0.15) is 0 Å². The lowest BCUT2D eigenvalue weighted by Crippen LogP contribution is -2.06. The van der Waals surface area contributed by atoms with E-state index in [-0.39, 0.29) is 5.97 Å². The lowest BCUT2D eigenvalue weighted by Gasteiger charge is -2.06. The number of rotatable bonds is 10. The Morgan fingerprint density at radius 3 is 1.96 bits per heavy atom. The minimum absolute atomic E-state index is 0.301. The van der Waals surface area contributed by atoms with Gasteiger partial charge < -0.3 is 9.47 Å². The van der Waals surface area contributed by atoms with E-state index in [9.17, 15) is 9.59 Å². The van der Waals surface area contributed by atoms with Gasteiger partial charge in [0, 0.05) is 6.08 Å². The van der Waals surface area contributed by atoms with E-state index in [4.69, 9.17) is 9.47 Å². The van der Waals surface area contributed by atoms with Gasteiger partial charge in [-0.2, -0.15) is 0 Å². The number of esters is 2. The van der Waals surface area contributed by atoms with E-state index in [1.54, 1.807) is 12.1 Å². The van der Waals surface area contributed by atoms with Crippen molar-refractivity contribution in [1.82, 2.24) is 0 Å². The van der Waals surface area contributed by atoms with Crippen LogP contribution in [0, 0.1) is 0 Å². The molecule has 2 aromatic rings. The smallest absolute Gasteiger partial charge is 0.338 e. The second kappa shape index (κ2) is 10.9. The zero-order chi connectivity index (χ0) is 18.6. The largest absolute Gasteiger partial charge is 0.463 e. The van der Waals surface area contributed by atoms with Crippen molar-refractivity contribution >= 4 is 11.9 Å². The van der Waals surface area contributed by atoms with Gasteiger partial charge in [-0.05, 0) is 48.9 Å². The van der Waals surface area contributed by atoms with Crippen LogP contribution in [-0.2, 0) is 14.3 Å². The highest BCUT2D eigenvalue weighted by atomic mass is 16.5. The molecule has 4 nitrogen and oxygen atoms in total. The Morgan fingerprint density at radius 1 is 0.769 bits per heavy atom. The standard InChI is InChI=1S/C22H24O4/c1-2-21(23)25-16-8-3-4-9-17-26-22(24)20-14-12-19(13-15-20)18-10-6-5-7-11-18/h2,5-7,10-15H,1,3-4,8-9,16-17H2. The first-order chi connectivity index (χ1) is 12.7. The summed E-state index contributed by atoms with van der Waals surface area (Å²) in [5, 5.41) is 0. The molecule has 0 fully saturated rings. The van der Waals surface area contributed by atoms with Crippen molar-refractivity contribution in [2.24, 2.45) is 0 Å². The Labute approximate surface area is 154 Å². The molecule has 0 unspecified atom stereocenters. The van der Waals surface area contributed by atoms with Gasteiger partial charge in [0.05, 0.1) is 18.8 Å². The van der Waals surface area contributed by atoms with Gasteiger partial charge >= 0.3 is 11.9 Å². The maximum Gasteiger partial charge on any atom is 0.338 e. The SMILES string of the molecule is C=CC(=O)OCCCCCCOC(=O)c1ccc(-c2ccccc2)cc1. The van der Waals surface area contributed by atoms with E-state index in [1.807, 2.05) is 42.5 Å². The number of carbonyl (C=O) groups is 2. The van der Waals surface area contributed by atoms with Crippen molar-refractivity contribution < 1.29 is 19.1 Å². The fourth-order valence-electron chi connectivity index (χ4n) is 2.47. The number of benzene rings is 2. The molecule has 0 aliphatic heterocycles. The Kier molecular flexibility index (Phi) is 8.13. The third kappa shape index (κ3) is 6.55. The normalized spacial score (nSPS) is 10.2. The Bertz CT molecular complexity index is 705. The van der Waals surface area contributed by atoms with Gasteiger partial charge in [0.2, 0.25) is 0 Å². The molecule has 0 amide bonds. The molecule has 2 aromatic carbocycles. The molecule has 0 aliphatic carbocycles. The Morgan fingerprint density at radius 2 is 1.35 bits per heavy atom.